The number of hydrogen-bond donors (Lipinski definition) is 3. The van der Waals surface area contributed by atoms with Crippen molar-refractivity contribution in [2.24, 2.45) is 0 Å². The van der Waals surface area contributed by atoms with E-state index >= 15 is 0 Å². The third-order valence-corrected chi connectivity index (χ3v) is 1.11. The molecule has 1 atom stereocenters. The topological polar surface area (TPSA) is 61.4 Å². The maximum absolute atomic E-state index is 10.5. The van der Waals surface area contributed by atoms with Gasteiger partial charge in [0.2, 0.25) is 0 Å². The van der Waals surface area contributed by atoms with Gasteiger partial charge in [-0.3, -0.25) is 10.2 Å². The smallest absolute Gasteiger partial charge is 0.257 e. The number of hydrogen-bond acceptors (Lipinski definition) is 3. The maximum Gasteiger partial charge on any atom is 0.257 e. The molecule has 0 bridgehead atoms. The first-order valence-electron chi connectivity index (χ1n) is 3.56. The number of aliphatic hydroxyl groups is 1. The Morgan fingerprint density at radius 1 is 1.82 bits per heavy atom. The second kappa shape index (κ2) is 5.88. The Morgan fingerprint density at radius 2 is 2.45 bits per heavy atom. The van der Waals surface area contributed by atoms with Crippen molar-refractivity contribution in [3.63, 3.8) is 0 Å². The summed E-state index contributed by atoms with van der Waals surface area (Å²) in [5.74, 6) is -0.347. The van der Waals surface area contributed by atoms with Gasteiger partial charge in [-0.2, -0.15) is 0 Å². The molecule has 0 saturated carbocycles. The van der Waals surface area contributed by atoms with Crippen LogP contribution in [0.1, 0.15) is 19.8 Å². The highest BCUT2D eigenvalue weighted by Gasteiger charge is 2.00. The first-order chi connectivity index (χ1) is 5.20. The number of aliphatic hydroxyl groups excluding tert-OH is 1. The standard InChI is InChI=1S/C7H14N2O2/c1-3-5-7(11)9-8-6(10)4-2/h4,7,9,11H,2-3,5H2,1H3,(H,8,10). The molecule has 0 radical (unpaired) electrons. The van der Waals surface area contributed by atoms with Crippen LogP contribution >= 0.6 is 0 Å². The van der Waals surface area contributed by atoms with Gasteiger partial charge in [0, 0.05) is 0 Å². The average molecular weight is 158 g/mol. The lowest BCUT2D eigenvalue weighted by atomic mass is 10.3. The largest absolute Gasteiger partial charge is 0.377 e. The van der Waals surface area contributed by atoms with Crippen molar-refractivity contribution in [2.45, 2.75) is 26.0 Å². The number of carbonyl (C=O) groups is 1. The van der Waals surface area contributed by atoms with Gasteiger partial charge in [-0.1, -0.05) is 19.9 Å². The van der Waals surface area contributed by atoms with Crippen LogP contribution in [0.5, 0.6) is 0 Å². The molecule has 0 spiro atoms. The molecule has 0 rings (SSSR count). The highest BCUT2D eigenvalue weighted by Crippen LogP contribution is 1.89. The van der Waals surface area contributed by atoms with Gasteiger partial charge in [0.25, 0.3) is 5.91 Å². The molecule has 64 valence electrons. The minimum absolute atomic E-state index is 0.347. The van der Waals surface area contributed by atoms with E-state index in [2.05, 4.69) is 17.4 Å². The molecule has 4 heteroatoms. The van der Waals surface area contributed by atoms with Gasteiger partial charge in [-0.05, 0) is 12.5 Å². The second-order valence-electron chi connectivity index (χ2n) is 2.14. The Bertz CT molecular complexity index is 136. The van der Waals surface area contributed by atoms with Gasteiger partial charge >= 0.3 is 0 Å². The fourth-order valence-electron chi connectivity index (χ4n) is 0.551. The van der Waals surface area contributed by atoms with Gasteiger partial charge in [0.1, 0.15) is 6.23 Å². The van der Waals surface area contributed by atoms with Gasteiger partial charge in [0.05, 0.1) is 0 Å². The van der Waals surface area contributed by atoms with E-state index in [0.29, 0.717) is 6.42 Å². The van der Waals surface area contributed by atoms with Crippen LogP contribution in [0.3, 0.4) is 0 Å². The molecule has 3 N–H and O–H groups in total. The highest BCUT2D eigenvalue weighted by molar-refractivity contribution is 5.86. The monoisotopic (exact) mass is 158 g/mol. The number of amides is 1. The molecule has 0 saturated heterocycles. The van der Waals surface area contributed by atoms with Gasteiger partial charge < -0.3 is 5.11 Å². The van der Waals surface area contributed by atoms with Crippen molar-refractivity contribution in [3.8, 4) is 0 Å². The molecular weight excluding hydrogens is 144 g/mol. The summed E-state index contributed by atoms with van der Waals surface area (Å²) in [7, 11) is 0. The van der Waals surface area contributed by atoms with Crippen LogP contribution in [0.15, 0.2) is 12.7 Å². The van der Waals surface area contributed by atoms with E-state index in [0.717, 1.165) is 12.5 Å². The summed E-state index contributed by atoms with van der Waals surface area (Å²) in [6, 6.07) is 0. The van der Waals surface area contributed by atoms with Crippen LogP contribution in [0.25, 0.3) is 0 Å². The zero-order valence-electron chi connectivity index (χ0n) is 6.63. The molecule has 0 heterocycles. The highest BCUT2D eigenvalue weighted by atomic mass is 16.3. The predicted molar refractivity (Wildman–Crippen MR) is 42.4 cm³/mol. The fourth-order valence-corrected chi connectivity index (χ4v) is 0.551. The summed E-state index contributed by atoms with van der Waals surface area (Å²) in [4.78, 5) is 10.5. The van der Waals surface area contributed by atoms with Crippen molar-refractivity contribution >= 4 is 5.91 Å². The molecule has 1 unspecified atom stereocenters. The first-order valence-corrected chi connectivity index (χ1v) is 3.56. The predicted octanol–water partition coefficient (Wildman–Crippen LogP) is -0.0883. The van der Waals surface area contributed by atoms with E-state index in [4.69, 9.17) is 5.11 Å². The minimum Gasteiger partial charge on any atom is -0.377 e. The number of rotatable bonds is 5. The van der Waals surface area contributed by atoms with Crippen LogP contribution in [-0.4, -0.2) is 17.2 Å². The zero-order chi connectivity index (χ0) is 8.69. The Morgan fingerprint density at radius 3 is 2.91 bits per heavy atom. The molecule has 0 aliphatic rings. The van der Waals surface area contributed by atoms with Crippen LogP contribution < -0.4 is 10.9 Å². The Labute approximate surface area is 66.3 Å². The molecule has 11 heavy (non-hydrogen) atoms. The normalized spacial score (nSPS) is 12.2. The molecule has 0 aromatic carbocycles. The lowest BCUT2D eigenvalue weighted by molar-refractivity contribution is -0.118. The van der Waals surface area contributed by atoms with Gasteiger partial charge in [-0.15, -0.1) is 0 Å². The van der Waals surface area contributed by atoms with Crippen LogP contribution in [0.4, 0.5) is 0 Å². The Kier molecular flexibility index (Phi) is 5.42. The summed E-state index contributed by atoms with van der Waals surface area (Å²) in [5.41, 5.74) is 4.68. The van der Waals surface area contributed by atoms with Crippen LogP contribution in [0.2, 0.25) is 0 Å². The summed E-state index contributed by atoms with van der Waals surface area (Å²) < 4.78 is 0. The zero-order valence-corrected chi connectivity index (χ0v) is 6.63. The van der Waals surface area contributed by atoms with Crippen molar-refractivity contribution in [2.75, 3.05) is 0 Å². The van der Waals surface area contributed by atoms with E-state index in [1.807, 2.05) is 6.92 Å². The van der Waals surface area contributed by atoms with Crippen molar-refractivity contribution in [3.05, 3.63) is 12.7 Å². The summed E-state index contributed by atoms with van der Waals surface area (Å²) in [6.45, 7) is 5.20. The van der Waals surface area contributed by atoms with Crippen LogP contribution in [-0.2, 0) is 4.79 Å². The summed E-state index contributed by atoms with van der Waals surface area (Å²) >= 11 is 0. The van der Waals surface area contributed by atoms with Crippen molar-refractivity contribution < 1.29 is 9.90 Å². The van der Waals surface area contributed by atoms with Gasteiger partial charge in [0.15, 0.2) is 0 Å². The quantitative estimate of drug-likeness (QED) is 0.298. The van der Waals surface area contributed by atoms with E-state index in [1.54, 1.807) is 0 Å². The number of hydrazine groups is 1. The Hall–Kier alpha value is -0.870. The van der Waals surface area contributed by atoms with E-state index in [1.165, 1.54) is 0 Å². The molecule has 0 fully saturated rings. The number of nitrogens with one attached hydrogen (secondary N) is 2. The van der Waals surface area contributed by atoms with E-state index < -0.39 is 6.23 Å². The van der Waals surface area contributed by atoms with Crippen molar-refractivity contribution in [1.29, 1.82) is 0 Å². The minimum atomic E-state index is -0.677. The second-order valence-corrected chi connectivity index (χ2v) is 2.14. The lowest BCUT2D eigenvalue weighted by Gasteiger charge is -2.10. The molecule has 0 aromatic rings. The van der Waals surface area contributed by atoms with Crippen molar-refractivity contribution in [1.82, 2.24) is 10.9 Å². The molecule has 0 aliphatic carbocycles. The van der Waals surface area contributed by atoms with E-state index in [-0.39, 0.29) is 5.91 Å². The van der Waals surface area contributed by atoms with Gasteiger partial charge in [-0.25, -0.2) is 5.43 Å². The Balaban J connectivity index is 3.37. The molecule has 1 amide bonds. The summed E-state index contributed by atoms with van der Waals surface area (Å²) in [6.07, 6.45) is 1.92. The molecule has 4 nitrogen and oxygen atoms in total. The summed E-state index contributed by atoms with van der Waals surface area (Å²) in [5, 5.41) is 9.03. The van der Waals surface area contributed by atoms with E-state index in [9.17, 15) is 4.79 Å². The van der Waals surface area contributed by atoms with Crippen LogP contribution in [0, 0.1) is 0 Å². The fraction of sp³-hybridized carbons (Fsp3) is 0.571. The maximum atomic E-state index is 10.5. The lowest BCUT2D eigenvalue weighted by Crippen LogP contribution is -2.43. The first kappa shape index (κ1) is 10.1. The third kappa shape index (κ3) is 5.57. The molecular formula is C7H14N2O2. The SMILES string of the molecule is C=CC(=O)NNC(O)CCC. The number of carbonyl (C=O) groups excluding carboxylic acids is 1. The molecule has 0 aromatic heterocycles. The third-order valence-electron chi connectivity index (χ3n) is 1.11. The molecule has 0 aliphatic heterocycles. The average Bonchev–Trinajstić information content (AvgIpc) is 2.01.